The van der Waals surface area contributed by atoms with Crippen molar-refractivity contribution in [3.05, 3.63) is 69.7 Å². The molecule has 0 spiro atoms. The smallest absolute Gasteiger partial charge is 0.268 e. The molecule has 0 saturated heterocycles. The lowest BCUT2D eigenvalue weighted by molar-refractivity contribution is 0.414. The van der Waals surface area contributed by atoms with Crippen LogP contribution in [0.25, 0.3) is 0 Å². The van der Waals surface area contributed by atoms with Crippen molar-refractivity contribution in [2.24, 2.45) is 0 Å². The lowest BCUT2D eigenvalue weighted by atomic mass is 10.1. The Morgan fingerprint density at radius 3 is 2.54 bits per heavy atom. The van der Waals surface area contributed by atoms with E-state index < -0.39 is 31.6 Å². The summed E-state index contributed by atoms with van der Waals surface area (Å²) in [6, 6.07) is 6.43. The van der Waals surface area contributed by atoms with E-state index in [1.54, 1.807) is 23.6 Å². The van der Waals surface area contributed by atoms with Gasteiger partial charge < -0.3 is 4.74 Å². The number of anilines is 1. The van der Waals surface area contributed by atoms with Crippen LogP contribution in [-0.4, -0.2) is 20.5 Å². The Labute approximate surface area is 170 Å². The number of aryl methyl sites for hydroxylation is 1. The average Bonchev–Trinajstić information content (AvgIpc) is 3.17. The minimum Gasteiger partial charge on any atom is -0.497 e. The molecule has 148 valence electrons. The van der Waals surface area contributed by atoms with Gasteiger partial charge in [-0.3, -0.25) is 0 Å². The number of benzene rings is 2. The zero-order valence-corrected chi connectivity index (χ0v) is 17.2. The van der Waals surface area contributed by atoms with Gasteiger partial charge in [0.2, 0.25) is 0 Å². The van der Waals surface area contributed by atoms with Gasteiger partial charge in [-0.05, 0) is 42.3 Å². The van der Waals surface area contributed by atoms with Gasteiger partial charge in [-0.1, -0.05) is 17.7 Å². The van der Waals surface area contributed by atoms with Gasteiger partial charge >= 0.3 is 0 Å². The van der Waals surface area contributed by atoms with Crippen LogP contribution in [0.3, 0.4) is 0 Å². The van der Waals surface area contributed by atoms with Crippen LogP contribution in [0.2, 0.25) is 5.02 Å². The summed E-state index contributed by atoms with van der Waals surface area (Å²) in [6.45, 7) is 1.75. The van der Waals surface area contributed by atoms with Crippen LogP contribution in [0, 0.1) is 18.6 Å². The Hall–Kier alpha value is -2.23. The predicted octanol–water partition coefficient (Wildman–Crippen LogP) is 4.79. The van der Waals surface area contributed by atoms with Crippen LogP contribution in [0.5, 0.6) is 5.75 Å². The molecule has 0 fully saturated rings. The minimum atomic E-state index is -4.31. The van der Waals surface area contributed by atoms with Gasteiger partial charge in [-0.15, -0.1) is 11.3 Å². The number of hydrogen-bond acceptors (Lipinski definition) is 5. The molecule has 28 heavy (non-hydrogen) atoms. The number of sulfonamides is 1. The van der Waals surface area contributed by atoms with Crippen LogP contribution in [-0.2, 0) is 16.6 Å². The maximum atomic E-state index is 13.7. The molecular weight excluding hydrogens is 430 g/mol. The molecule has 0 saturated carbocycles. The molecule has 0 aliphatic heterocycles. The van der Waals surface area contributed by atoms with Crippen LogP contribution in [0.1, 0.15) is 11.1 Å². The van der Waals surface area contributed by atoms with E-state index in [9.17, 15) is 17.2 Å². The molecule has 0 aliphatic rings. The van der Waals surface area contributed by atoms with Gasteiger partial charge in [0, 0.05) is 11.6 Å². The molecule has 1 aromatic heterocycles. The molecular formula is C18H15ClF2N2O3S2. The van der Waals surface area contributed by atoms with E-state index in [-0.39, 0.29) is 11.7 Å². The highest BCUT2D eigenvalue weighted by Gasteiger charge is 2.30. The maximum absolute atomic E-state index is 13.7. The molecule has 0 radical (unpaired) electrons. The van der Waals surface area contributed by atoms with Gasteiger partial charge in [-0.2, -0.15) is 0 Å². The fraction of sp³-hybridized carbons (Fsp3) is 0.167. The van der Waals surface area contributed by atoms with Crippen LogP contribution < -0.4 is 9.04 Å². The number of nitrogens with zero attached hydrogens (tertiary/aromatic N) is 2. The molecule has 5 nitrogen and oxygen atoms in total. The molecule has 3 rings (SSSR count). The lowest BCUT2D eigenvalue weighted by Gasteiger charge is -2.23. The van der Waals surface area contributed by atoms with E-state index in [4.69, 9.17) is 16.3 Å². The quantitative estimate of drug-likeness (QED) is 0.513. The van der Waals surface area contributed by atoms with E-state index in [0.717, 1.165) is 21.2 Å². The van der Waals surface area contributed by atoms with Crippen LogP contribution >= 0.6 is 22.9 Å². The zero-order chi connectivity index (χ0) is 20.5. The monoisotopic (exact) mass is 444 g/mol. The second kappa shape index (κ2) is 8.02. The first-order chi connectivity index (χ1) is 13.2. The Bertz CT molecular complexity index is 1110. The van der Waals surface area contributed by atoms with Gasteiger partial charge in [0.1, 0.15) is 10.6 Å². The summed E-state index contributed by atoms with van der Waals surface area (Å²) in [5.74, 6) is -1.90. The molecule has 0 bridgehead atoms. The van der Waals surface area contributed by atoms with Crippen molar-refractivity contribution < 1.29 is 21.9 Å². The van der Waals surface area contributed by atoms with Crippen molar-refractivity contribution in [1.29, 1.82) is 0 Å². The molecule has 2 aromatic carbocycles. The summed E-state index contributed by atoms with van der Waals surface area (Å²) in [5, 5.41) is 1.38. The Morgan fingerprint density at radius 2 is 1.93 bits per heavy atom. The number of aromatic nitrogens is 1. The van der Waals surface area contributed by atoms with Crippen molar-refractivity contribution in [3.63, 3.8) is 0 Å². The lowest BCUT2D eigenvalue weighted by Crippen LogP contribution is -2.31. The van der Waals surface area contributed by atoms with Gasteiger partial charge in [0.25, 0.3) is 10.0 Å². The highest BCUT2D eigenvalue weighted by atomic mass is 35.5. The summed E-state index contributed by atoms with van der Waals surface area (Å²) >= 11 is 7.02. The fourth-order valence-electron chi connectivity index (χ4n) is 2.54. The van der Waals surface area contributed by atoms with Crippen molar-refractivity contribution >= 4 is 38.1 Å². The molecule has 0 atom stereocenters. The summed E-state index contributed by atoms with van der Waals surface area (Å²) < 4.78 is 59.8. The van der Waals surface area contributed by atoms with Crippen molar-refractivity contribution in [3.8, 4) is 5.75 Å². The third-order valence-corrected chi connectivity index (χ3v) is 7.15. The van der Waals surface area contributed by atoms with E-state index in [0.29, 0.717) is 23.4 Å². The van der Waals surface area contributed by atoms with Crippen molar-refractivity contribution in [2.75, 3.05) is 11.4 Å². The first-order valence-corrected chi connectivity index (χ1v) is 10.6. The molecule has 0 aliphatic carbocycles. The van der Waals surface area contributed by atoms with Crippen molar-refractivity contribution in [2.45, 2.75) is 18.4 Å². The second-order valence-electron chi connectivity index (χ2n) is 5.82. The highest BCUT2D eigenvalue weighted by Crippen LogP contribution is 2.33. The normalized spacial score (nSPS) is 11.5. The molecule has 10 heteroatoms. The first kappa shape index (κ1) is 20.5. The van der Waals surface area contributed by atoms with Crippen molar-refractivity contribution in [1.82, 2.24) is 4.98 Å². The largest absolute Gasteiger partial charge is 0.497 e. The summed E-state index contributed by atoms with van der Waals surface area (Å²) in [5.41, 5.74) is 1.49. The van der Waals surface area contributed by atoms with Gasteiger partial charge in [0.05, 0.1) is 18.7 Å². The maximum Gasteiger partial charge on any atom is 0.268 e. The fourth-order valence-corrected chi connectivity index (χ4v) is 5.31. The zero-order valence-electron chi connectivity index (χ0n) is 14.8. The van der Waals surface area contributed by atoms with Gasteiger partial charge in [-0.25, -0.2) is 26.5 Å². The van der Waals surface area contributed by atoms with Crippen LogP contribution in [0.4, 0.5) is 13.9 Å². The van der Waals surface area contributed by atoms with Crippen LogP contribution in [0.15, 0.2) is 46.8 Å². The molecule has 3 aromatic rings. The molecule has 0 unspecified atom stereocenters. The number of halogens is 3. The van der Waals surface area contributed by atoms with E-state index in [1.165, 1.54) is 13.3 Å². The number of hydrogen-bond donors (Lipinski definition) is 0. The van der Waals surface area contributed by atoms with Gasteiger partial charge in [0.15, 0.2) is 16.8 Å². The van der Waals surface area contributed by atoms with E-state index in [2.05, 4.69) is 4.98 Å². The number of rotatable bonds is 6. The first-order valence-electron chi connectivity index (χ1n) is 7.94. The number of thiazole rings is 1. The third-order valence-electron chi connectivity index (χ3n) is 4.04. The minimum absolute atomic E-state index is 0.0685. The second-order valence-corrected chi connectivity index (χ2v) is 8.93. The molecule has 0 N–H and O–H groups in total. The predicted molar refractivity (Wildman–Crippen MR) is 105 cm³/mol. The van der Waals surface area contributed by atoms with E-state index >= 15 is 0 Å². The number of methoxy groups -OCH3 is 1. The van der Waals surface area contributed by atoms with E-state index in [1.807, 2.05) is 6.92 Å². The topological polar surface area (TPSA) is 59.5 Å². The molecule has 0 amide bonds. The number of ether oxygens (including phenoxy) is 1. The Balaban J connectivity index is 2.10. The molecule has 1 heterocycles. The third kappa shape index (κ3) is 3.96. The summed E-state index contributed by atoms with van der Waals surface area (Å²) in [6.07, 6.45) is 1.45. The Kier molecular flexibility index (Phi) is 5.87. The summed E-state index contributed by atoms with van der Waals surface area (Å²) in [7, 11) is -2.78. The highest BCUT2D eigenvalue weighted by molar-refractivity contribution is 7.93. The Morgan fingerprint density at radius 1 is 1.21 bits per heavy atom. The average molecular weight is 445 g/mol. The SMILES string of the molecule is COc1ccc(CN(c2nccs2)S(=O)(=O)c2cc(F)c(F)cc2Cl)c(C)c1. The standard InChI is InChI=1S/C18H15ClF2N2O3S2/c1-11-7-13(26-2)4-3-12(11)10-23(18-22-5-6-27-18)28(24,25)17-9-16(21)15(20)8-14(17)19/h3-9H,10H2,1-2H3. The summed E-state index contributed by atoms with van der Waals surface area (Å²) in [4.78, 5) is 3.53.